The average Bonchev–Trinajstić information content (AvgIpc) is 2.71. The van der Waals surface area contributed by atoms with Gasteiger partial charge in [-0.1, -0.05) is 35.9 Å². The molecule has 2 aromatic carbocycles. The third-order valence-electron chi connectivity index (χ3n) is 4.18. The first-order valence-electron chi connectivity index (χ1n) is 9.38. The quantitative estimate of drug-likeness (QED) is 0.615. The number of benzene rings is 2. The van der Waals surface area contributed by atoms with Gasteiger partial charge in [-0.05, 0) is 38.1 Å². The largest absolute Gasteiger partial charge is 0.383 e. The van der Waals surface area contributed by atoms with Crippen molar-refractivity contribution in [3.05, 3.63) is 72.4 Å². The third-order valence-corrected chi connectivity index (χ3v) is 4.18. The van der Waals surface area contributed by atoms with E-state index in [1.54, 1.807) is 19.4 Å². The number of anilines is 4. The number of urea groups is 1. The molecule has 7 heteroatoms. The third kappa shape index (κ3) is 5.52. The number of nitrogens with one attached hydrogen (secondary N) is 2. The van der Waals surface area contributed by atoms with Gasteiger partial charge in [0.05, 0.1) is 12.3 Å². The average molecular weight is 391 g/mol. The second-order valence-corrected chi connectivity index (χ2v) is 6.71. The van der Waals surface area contributed by atoms with Gasteiger partial charge in [-0.15, -0.1) is 0 Å². The Balaban J connectivity index is 1.90. The molecule has 0 aliphatic rings. The maximum atomic E-state index is 13.1. The summed E-state index contributed by atoms with van der Waals surface area (Å²) in [4.78, 5) is 23.5. The minimum atomic E-state index is -0.311. The van der Waals surface area contributed by atoms with Crippen LogP contribution in [-0.4, -0.2) is 35.8 Å². The van der Waals surface area contributed by atoms with Gasteiger partial charge in [0.15, 0.2) is 0 Å². The highest BCUT2D eigenvalue weighted by Gasteiger charge is 2.20. The van der Waals surface area contributed by atoms with E-state index in [1.165, 1.54) is 4.90 Å². The van der Waals surface area contributed by atoms with E-state index in [0.717, 1.165) is 5.56 Å². The van der Waals surface area contributed by atoms with Crippen molar-refractivity contribution in [1.29, 1.82) is 0 Å². The first-order valence-corrected chi connectivity index (χ1v) is 9.38. The normalized spacial score (nSPS) is 11.6. The molecule has 0 saturated heterocycles. The SMILES string of the molecule is COCC(C)Nc1nccc(N(C(=O)Nc2ccc(C)cc2)c2ccccc2)n1. The molecule has 0 aliphatic heterocycles. The standard InChI is InChI=1S/C22H25N5O2/c1-16-9-11-18(12-10-16)25-22(28)27(19-7-5-4-6-8-19)20-13-14-23-21(26-20)24-17(2)15-29-3/h4-14,17H,15H2,1-3H3,(H,25,28)(H,23,24,26). The molecule has 0 saturated carbocycles. The van der Waals surface area contributed by atoms with Crippen LogP contribution >= 0.6 is 0 Å². The molecule has 0 fully saturated rings. The summed E-state index contributed by atoms with van der Waals surface area (Å²) in [5.41, 5.74) is 2.54. The van der Waals surface area contributed by atoms with Crippen molar-refractivity contribution in [2.45, 2.75) is 19.9 Å². The molecule has 3 aromatic rings. The minimum absolute atomic E-state index is 0.0295. The molecule has 1 aromatic heterocycles. The Hall–Kier alpha value is -3.45. The van der Waals surface area contributed by atoms with Crippen LogP contribution in [0.5, 0.6) is 0 Å². The summed E-state index contributed by atoms with van der Waals surface area (Å²) in [7, 11) is 1.64. The minimum Gasteiger partial charge on any atom is -0.383 e. The molecule has 3 rings (SSSR count). The summed E-state index contributed by atoms with van der Waals surface area (Å²) in [6.45, 7) is 4.49. The van der Waals surface area contributed by atoms with Crippen LogP contribution in [0.3, 0.4) is 0 Å². The summed E-state index contributed by atoms with van der Waals surface area (Å²) in [5.74, 6) is 0.888. The van der Waals surface area contributed by atoms with Crippen LogP contribution in [0, 0.1) is 6.92 Å². The Labute approximate surface area is 170 Å². The highest BCUT2D eigenvalue weighted by Crippen LogP contribution is 2.25. The summed E-state index contributed by atoms with van der Waals surface area (Å²) in [6.07, 6.45) is 1.62. The molecule has 1 atom stereocenters. The van der Waals surface area contributed by atoms with Gasteiger partial charge in [0.1, 0.15) is 5.82 Å². The topological polar surface area (TPSA) is 79.4 Å². The molecule has 0 bridgehead atoms. The fraction of sp³-hybridized carbons (Fsp3) is 0.227. The number of carbonyl (C=O) groups is 1. The molecule has 0 aliphatic carbocycles. The van der Waals surface area contributed by atoms with Gasteiger partial charge in [0.25, 0.3) is 0 Å². The highest BCUT2D eigenvalue weighted by atomic mass is 16.5. The molecule has 1 unspecified atom stereocenters. The number of nitrogens with zero attached hydrogens (tertiary/aromatic N) is 3. The summed E-state index contributed by atoms with van der Waals surface area (Å²) >= 11 is 0. The fourth-order valence-corrected chi connectivity index (χ4v) is 2.80. The van der Waals surface area contributed by atoms with Crippen LogP contribution in [0.15, 0.2) is 66.9 Å². The summed E-state index contributed by atoms with van der Waals surface area (Å²) < 4.78 is 5.14. The van der Waals surface area contributed by atoms with E-state index < -0.39 is 0 Å². The maximum absolute atomic E-state index is 13.1. The second kappa shape index (κ2) is 9.66. The Morgan fingerprint density at radius 2 is 1.83 bits per heavy atom. The number of carbonyl (C=O) groups excluding carboxylic acids is 1. The monoisotopic (exact) mass is 391 g/mol. The number of ether oxygens (including phenoxy) is 1. The predicted octanol–water partition coefficient (Wildman–Crippen LogP) is 4.60. The van der Waals surface area contributed by atoms with Crippen LogP contribution in [0.25, 0.3) is 0 Å². The van der Waals surface area contributed by atoms with E-state index in [0.29, 0.717) is 29.7 Å². The molecule has 29 heavy (non-hydrogen) atoms. The van der Waals surface area contributed by atoms with E-state index in [4.69, 9.17) is 4.74 Å². The van der Waals surface area contributed by atoms with Gasteiger partial charge in [0, 0.05) is 31.1 Å². The van der Waals surface area contributed by atoms with Crippen LogP contribution in [0.2, 0.25) is 0 Å². The number of aryl methyl sites for hydroxylation is 1. The van der Waals surface area contributed by atoms with E-state index in [-0.39, 0.29) is 12.1 Å². The summed E-state index contributed by atoms with van der Waals surface area (Å²) in [6, 6.07) is 18.4. The van der Waals surface area contributed by atoms with Gasteiger partial charge in [0.2, 0.25) is 5.95 Å². The van der Waals surface area contributed by atoms with Crippen molar-refractivity contribution in [1.82, 2.24) is 9.97 Å². The van der Waals surface area contributed by atoms with Gasteiger partial charge in [-0.2, -0.15) is 4.98 Å². The van der Waals surface area contributed by atoms with Crippen molar-refractivity contribution < 1.29 is 9.53 Å². The first kappa shape index (κ1) is 20.3. The van der Waals surface area contributed by atoms with Gasteiger partial charge < -0.3 is 15.4 Å². The molecule has 1 heterocycles. The van der Waals surface area contributed by atoms with Crippen LogP contribution in [-0.2, 0) is 4.74 Å². The number of amides is 2. The zero-order chi connectivity index (χ0) is 20.6. The first-order chi connectivity index (χ1) is 14.1. The second-order valence-electron chi connectivity index (χ2n) is 6.71. The van der Waals surface area contributed by atoms with Crippen molar-refractivity contribution in [2.24, 2.45) is 0 Å². The Morgan fingerprint density at radius 1 is 1.10 bits per heavy atom. The lowest BCUT2D eigenvalue weighted by Gasteiger charge is -2.23. The van der Waals surface area contributed by atoms with Crippen molar-refractivity contribution >= 4 is 29.2 Å². The number of para-hydroxylation sites is 1. The van der Waals surface area contributed by atoms with Crippen LogP contribution in [0.1, 0.15) is 12.5 Å². The number of hydrogen-bond donors (Lipinski definition) is 2. The van der Waals surface area contributed by atoms with Crippen molar-refractivity contribution in [3.8, 4) is 0 Å². The van der Waals surface area contributed by atoms with Crippen LogP contribution < -0.4 is 15.5 Å². The molecule has 150 valence electrons. The highest BCUT2D eigenvalue weighted by molar-refractivity contribution is 6.06. The van der Waals surface area contributed by atoms with E-state index >= 15 is 0 Å². The number of hydrogen-bond acceptors (Lipinski definition) is 5. The number of rotatable bonds is 7. The molecule has 2 N–H and O–H groups in total. The van der Waals surface area contributed by atoms with Gasteiger partial charge >= 0.3 is 6.03 Å². The Bertz CT molecular complexity index is 931. The van der Waals surface area contributed by atoms with Crippen molar-refractivity contribution in [3.63, 3.8) is 0 Å². The predicted molar refractivity (Wildman–Crippen MR) is 116 cm³/mol. The summed E-state index contributed by atoms with van der Waals surface area (Å²) in [5, 5.41) is 6.11. The fourth-order valence-electron chi connectivity index (χ4n) is 2.80. The Kier molecular flexibility index (Phi) is 6.76. The Morgan fingerprint density at radius 3 is 2.52 bits per heavy atom. The molecular weight excluding hydrogens is 366 g/mol. The maximum Gasteiger partial charge on any atom is 0.332 e. The van der Waals surface area contributed by atoms with Crippen molar-refractivity contribution in [2.75, 3.05) is 29.3 Å². The van der Waals surface area contributed by atoms with E-state index in [2.05, 4.69) is 20.6 Å². The zero-order valence-electron chi connectivity index (χ0n) is 16.8. The lowest BCUT2D eigenvalue weighted by atomic mass is 10.2. The zero-order valence-corrected chi connectivity index (χ0v) is 16.8. The molecule has 7 nitrogen and oxygen atoms in total. The van der Waals surface area contributed by atoms with Gasteiger partial charge in [-0.3, -0.25) is 0 Å². The van der Waals surface area contributed by atoms with Crippen LogP contribution in [0.4, 0.5) is 27.9 Å². The van der Waals surface area contributed by atoms with Gasteiger partial charge in [-0.25, -0.2) is 14.7 Å². The molecule has 0 radical (unpaired) electrons. The molecule has 2 amide bonds. The lowest BCUT2D eigenvalue weighted by molar-refractivity contribution is 0.190. The number of methoxy groups -OCH3 is 1. The number of aromatic nitrogens is 2. The lowest BCUT2D eigenvalue weighted by Crippen LogP contribution is -2.32. The smallest absolute Gasteiger partial charge is 0.332 e. The van der Waals surface area contributed by atoms with E-state index in [9.17, 15) is 4.79 Å². The van der Waals surface area contributed by atoms with E-state index in [1.807, 2.05) is 68.4 Å². The molecule has 0 spiro atoms. The molecular formula is C22H25N5O2.